The first-order valence-corrected chi connectivity index (χ1v) is 8.23. The highest BCUT2D eigenvalue weighted by Gasteiger charge is 2.14. The van der Waals surface area contributed by atoms with Gasteiger partial charge in [0, 0.05) is 30.1 Å². The maximum Gasteiger partial charge on any atom is 0.225 e. The maximum absolute atomic E-state index is 14.0. The molecule has 0 saturated carbocycles. The van der Waals surface area contributed by atoms with Gasteiger partial charge in [-0.2, -0.15) is 10.1 Å². The van der Waals surface area contributed by atoms with E-state index in [1.165, 1.54) is 6.07 Å². The van der Waals surface area contributed by atoms with E-state index >= 15 is 0 Å². The third-order valence-electron chi connectivity index (χ3n) is 4.10. The van der Waals surface area contributed by atoms with E-state index in [4.69, 9.17) is 17.3 Å². The van der Waals surface area contributed by atoms with Gasteiger partial charge in [0.2, 0.25) is 5.95 Å². The first-order valence-electron chi connectivity index (χ1n) is 7.85. The van der Waals surface area contributed by atoms with E-state index in [9.17, 15) is 4.39 Å². The molecule has 7 nitrogen and oxygen atoms in total. The lowest BCUT2D eigenvalue weighted by molar-refractivity contribution is 0.611. The molecular formula is C17H15ClFN7. The van der Waals surface area contributed by atoms with E-state index in [1.54, 1.807) is 30.1 Å². The van der Waals surface area contributed by atoms with Gasteiger partial charge in [-0.15, -0.1) is 5.10 Å². The molecule has 4 rings (SSSR count). The van der Waals surface area contributed by atoms with Gasteiger partial charge < -0.3 is 11.1 Å². The van der Waals surface area contributed by atoms with E-state index in [1.807, 2.05) is 12.1 Å². The van der Waals surface area contributed by atoms with Crippen LogP contribution in [0.5, 0.6) is 0 Å². The minimum atomic E-state index is -0.375. The van der Waals surface area contributed by atoms with Gasteiger partial charge >= 0.3 is 0 Å². The summed E-state index contributed by atoms with van der Waals surface area (Å²) in [5.41, 5.74) is 8.03. The molecule has 0 radical (unpaired) electrons. The molecule has 2 heterocycles. The Morgan fingerprint density at radius 3 is 2.92 bits per heavy atom. The minimum Gasteiger partial charge on any atom is -0.326 e. The van der Waals surface area contributed by atoms with Crippen molar-refractivity contribution in [3.05, 3.63) is 52.9 Å². The molecule has 0 aliphatic carbocycles. The third kappa shape index (κ3) is 2.79. The molecule has 0 unspecified atom stereocenters. The lowest BCUT2D eigenvalue weighted by atomic mass is 10.1. The number of fused-ring (bicyclic) bond motifs is 1. The van der Waals surface area contributed by atoms with E-state index < -0.39 is 0 Å². The van der Waals surface area contributed by atoms with Crippen molar-refractivity contribution in [1.82, 2.24) is 25.0 Å². The molecule has 0 bridgehead atoms. The summed E-state index contributed by atoms with van der Waals surface area (Å²) in [6.45, 7) is 0.142. The Morgan fingerprint density at radius 1 is 1.31 bits per heavy atom. The summed E-state index contributed by atoms with van der Waals surface area (Å²) in [6.07, 6.45) is 1.66. The fraction of sp³-hybridized carbons (Fsp3) is 0.118. The highest BCUT2D eigenvalue weighted by molar-refractivity contribution is 6.38. The fourth-order valence-corrected chi connectivity index (χ4v) is 2.93. The number of nitrogens with zero attached hydrogens (tertiary/aromatic N) is 4. The van der Waals surface area contributed by atoms with Crippen LogP contribution in [0.1, 0.15) is 5.56 Å². The molecule has 2 aromatic heterocycles. The van der Waals surface area contributed by atoms with E-state index in [0.29, 0.717) is 33.6 Å². The monoisotopic (exact) mass is 371 g/mol. The Labute approximate surface area is 153 Å². The van der Waals surface area contributed by atoms with Gasteiger partial charge in [0.15, 0.2) is 5.82 Å². The summed E-state index contributed by atoms with van der Waals surface area (Å²) in [6, 6.07) is 8.46. The highest BCUT2D eigenvalue weighted by Crippen LogP contribution is 2.32. The second kappa shape index (κ2) is 6.40. The summed E-state index contributed by atoms with van der Waals surface area (Å²) in [4.78, 5) is 4.44. The molecule has 0 atom stereocenters. The Kier molecular flexibility index (Phi) is 4.06. The van der Waals surface area contributed by atoms with Gasteiger partial charge in [-0.1, -0.05) is 23.7 Å². The number of anilines is 2. The quantitative estimate of drug-likeness (QED) is 0.511. The molecule has 26 heavy (non-hydrogen) atoms. The average molecular weight is 372 g/mol. The molecule has 4 aromatic rings. The number of nitrogens with two attached hydrogens (primary N) is 1. The van der Waals surface area contributed by atoms with Gasteiger partial charge in [0.05, 0.1) is 22.4 Å². The molecule has 0 fully saturated rings. The molecule has 0 saturated heterocycles. The number of aromatic nitrogens is 5. The van der Waals surface area contributed by atoms with Gasteiger partial charge in [-0.25, -0.2) is 9.07 Å². The summed E-state index contributed by atoms with van der Waals surface area (Å²) >= 11 is 6.42. The molecule has 0 aliphatic heterocycles. The van der Waals surface area contributed by atoms with Gasteiger partial charge in [0.25, 0.3) is 0 Å². The number of hydrogen-bond acceptors (Lipinski definition) is 5. The Balaban J connectivity index is 1.68. The first kappa shape index (κ1) is 16.5. The van der Waals surface area contributed by atoms with Crippen LogP contribution in [0.3, 0.4) is 0 Å². The zero-order valence-corrected chi connectivity index (χ0v) is 14.5. The Bertz CT molecular complexity index is 1100. The van der Waals surface area contributed by atoms with Crippen molar-refractivity contribution in [1.29, 1.82) is 0 Å². The number of aromatic amines is 1. The minimum absolute atomic E-state index is 0.142. The van der Waals surface area contributed by atoms with Crippen LogP contribution in [0, 0.1) is 5.82 Å². The van der Waals surface area contributed by atoms with Crippen molar-refractivity contribution in [2.24, 2.45) is 12.8 Å². The zero-order valence-electron chi connectivity index (χ0n) is 13.8. The molecular weight excluding hydrogens is 357 g/mol. The number of aryl methyl sites for hydroxylation is 1. The van der Waals surface area contributed by atoms with Crippen molar-refractivity contribution < 1.29 is 4.39 Å². The molecule has 0 amide bonds. The summed E-state index contributed by atoms with van der Waals surface area (Å²) in [5.74, 6) is 0.506. The number of H-pyrrole nitrogens is 1. The lowest BCUT2D eigenvalue weighted by Gasteiger charge is -2.07. The number of nitrogens with one attached hydrogen (secondary N) is 2. The molecule has 2 aromatic carbocycles. The average Bonchev–Trinajstić information content (AvgIpc) is 3.25. The number of rotatable bonds is 4. The number of benzene rings is 2. The van der Waals surface area contributed by atoms with E-state index in [-0.39, 0.29) is 12.4 Å². The molecule has 0 aliphatic rings. The Hall–Kier alpha value is -2.97. The lowest BCUT2D eigenvalue weighted by Crippen LogP contribution is -2.00. The van der Waals surface area contributed by atoms with Crippen LogP contribution in [0.25, 0.3) is 22.3 Å². The van der Waals surface area contributed by atoms with Crippen LogP contribution in [-0.4, -0.2) is 25.0 Å². The van der Waals surface area contributed by atoms with Crippen molar-refractivity contribution in [2.45, 2.75) is 6.54 Å². The molecule has 9 heteroatoms. The van der Waals surface area contributed by atoms with Crippen LogP contribution < -0.4 is 11.1 Å². The molecule has 132 valence electrons. The summed E-state index contributed by atoms with van der Waals surface area (Å²) < 4.78 is 15.5. The van der Waals surface area contributed by atoms with Crippen molar-refractivity contribution in [2.75, 3.05) is 5.32 Å². The van der Waals surface area contributed by atoms with Crippen LogP contribution >= 0.6 is 11.6 Å². The zero-order chi connectivity index (χ0) is 18.3. The fourth-order valence-electron chi connectivity index (χ4n) is 2.67. The predicted octanol–water partition coefficient (Wildman–Crippen LogP) is 3.35. The smallest absolute Gasteiger partial charge is 0.225 e. The topological polar surface area (TPSA) is 97.4 Å². The standard InChI is InChI=1S/C17H15ClFN7/c1-26-17(22-14-5-4-13-11(15(14)18)8-21-24-13)23-16(25-26)9-2-3-10(7-20)12(19)6-9/h2-6,8H,7,20H2,1H3,(H,21,24)(H,22,23,25). The second-order valence-corrected chi connectivity index (χ2v) is 6.15. The van der Waals surface area contributed by atoms with Gasteiger partial charge in [-0.05, 0) is 18.2 Å². The molecule has 0 spiro atoms. The van der Waals surface area contributed by atoms with Crippen molar-refractivity contribution >= 4 is 34.1 Å². The second-order valence-electron chi connectivity index (χ2n) is 5.78. The van der Waals surface area contributed by atoms with Crippen LogP contribution in [0.4, 0.5) is 16.0 Å². The predicted molar refractivity (Wildman–Crippen MR) is 98.7 cm³/mol. The summed E-state index contributed by atoms with van der Waals surface area (Å²) in [7, 11) is 1.74. The third-order valence-corrected chi connectivity index (χ3v) is 4.51. The largest absolute Gasteiger partial charge is 0.326 e. The number of halogens is 2. The first-order chi connectivity index (χ1) is 12.6. The van der Waals surface area contributed by atoms with E-state index in [2.05, 4.69) is 25.6 Å². The van der Waals surface area contributed by atoms with Gasteiger partial charge in [-0.3, -0.25) is 5.10 Å². The van der Waals surface area contributed by atoms with Gasteiger partial charge in [0.1, 0.15) is 5.82 Å². The number of hydrogen-bond donors (Lipinski definition) is 3. The van der Waals surface area contributed by atoms with E-state index in [0.717, 1.165) is 10.9 Å². The Morgan fingerprint density at radius 2 is 2.15 bits per heavy atom. The highest BCUT2D eigenvalue weighted by atomic mass is 35.5. The maximum atomic E-state index is 14.0. The van der Waals surface area contributed by atoms with Crippen LogP contribution in [0.15, 0.2) is 36.5 Å². The molecule has 4 N–H and O–H groups in total. The van der Waals surface area contributed by atoms with Crippen molar-refractivity contribution in [3.63, 3.8) is 0 Å². The summed E-state index contributed by atoms with van der Waals surface area (Å²) in [5, 5.41) is 15.7. The SMILES string of the molecule is Cn1nc(-c2ccc(CN)c(F)c2)nc1Nc1ccc2[nH]ncc2c1Cl. The van der Waals surface area contributed by atoms with Crippen molar-refractivity contribution in [3.8, 4) is 11.4 Å². The van der Waals surface area contributed by atoms with Crippen LogP contribution in [-0.2, 0) is 13.6 Å². The normalized spacial score (nSPS) is 11.2. The van der Waals surface area contributed by atoms with Crippen LogP contribution in [0.2, 0.25) is 5.02 Å².